The third kappa shape index (κ3) is 4.97. The SMILES string of the molecule is O=C(c1cc(Cl)ccc1Cl)N1CCC(COCc2ccccc2)CC1. The zero-order valence-electron chi connectivity index (χ0n) is 14.0. The van der Waals surface area contributed by atoms with Crippen molar-refractivity contribution in [2.24, 2.45) is 5.92 Å². The number of halogens is 2. The molecule has 0 radical (unpaired) electrons. The Hall–Kier alpha value is -1.55. The lowest BCUT2D eigenvalue weighted by Gasteiger charge is -2.32. The lowest BCUT2D eigenvalue weighted by atomic mass is 9.97. The second-order valence-electron chi connectivity index (χ2n) is 6.36. The van der Waals surface area contributed by atoms with Crippen molar-refractivity contribution in [3.8, 4) is 0 Å². The second-order valence-corrected chi connectivity index (χ2v) is 7.20. The highest BCUT2D eigenvalue weighted by atomic mass is 35.5. The number of nitrogens with zero attached hydrogens (tertiary/aromatic N) is 1. The molecule has 0 atom stereocenters. The van der Waals surface area contributed by atoms with Gasteiger partial charge in [-0.15, -0.1) is 0 Å². The Bertz CT molecular complexity index is 713. The summed E-state index contributed by atoms with van der Waals surface area (Å²) in [5, 5.41) is 0.972. The van der Waals surface area contributed by atoms with E-state index in [0.717, 1.165) is 32.5 Å². The molecular weight excluding hydrogens is 357 g/mol. The Morgan fingerprint density at radius 2 is 1.80 bits per heavy atom. The Balaban J connectivity index is 1.47. The van der Waals surface area contributed by atoms with Crippen LogP contribution in [-0.2, 0) is 11.3 Å². The summed E-state index contributed by atoms with van der Waals surface area (Å²) in [6, 6.07) is 15.2. The molecule has 3 rings (SSSR count). The Labute approximate surface area is 158 Å². The van der Waals surface area contributed by atoms with Crippen molar-refractivity contribution in [2.75, 3.05) is 19.7 Å². The van der Waals surface area contributed by atoms with Crippen LogP contribution in [0, 0.1) is 5.92 Å². The lowest BCUT2D eigenvalue weighted by molar-refractivity contribution is 0.0478. The topological polar surface area (TPSA) is 29.5 Å². The molecule has 1 aliphatic heterocycles. The summed E-state index contributed by atoms with van der Waals surface area (Å²) in [7, 11) is 0. The maximum absolute atomic E-state index is 12.6. The van der Waals surface area contributed by atoms with Gasteiger partial charge in [0.1, 0.15) is 0 Å². The molecule has 1 saturated heterocycles. The van der Waals surface area contributed by atoms with Crippen molar-refractivity contribution in [1.82, 2.24) is 4.90 Å². The maximum atomic E-state index is 12.6. The van der Waals surface area contributed by atoms with Crippen LogP contribution in [0.2, 0.25) is 10.0 Å². The zero-order chi connectivity index (χ0) is 17.6. The highest BCUT2D eigenvalue weighted by Gasteiger charge is 2.25. The van der Waals surface area contributed by atoms with Crippen molar-refractivity contribution < 1.29 is 9.53 Å². The first-order valence-electron chi connectivity index (χ1n) is 8.49. The summed E-state index contributed by atoms with van der Waals surface area (Å²) in [5.41, 5.74) is 1.67. The highest BCUT2D eigenvalue weighted by molar-refractivity contribution is 6.35. The summed E-state index contributed by atoms with van der Waals surface area (Å²) in [5.74, 6) is 0.443. The van der Waals surface area contributed by atoms with Crippen LogP contribution in [0.5, 0.6) is 0 Å². The van der Waals surface area contributed by atoms with Gasteiger partial charge in [0.05, 0.1) is 17.2 Å². The zero-order valence-corrected chi connectivity index (χ0v) is 15.5. The predicted octanol–water partition coefficient (Wildman–Crippen LogP) is 5.06. The minimum atomic E-state index is -0.0452. The molecule has 0 aromatic heterocycles. The van der Waals surface area contributed by atoms with Gasteiger partial charge in [-0.2, -0.15) is 0 Å². The van der Waals surface area contributed by atoms with Gasteiger partial charge in [-0.25, -0.2) is 0 Å². The predicted molar refractivity (Wildman–Crippen MR) is 101 cm³/mol. The average molecular weight is 378 g/mol. The van der Waals surface area contributed by atoms with Gasteiger partial charge >= 0.3 is 0 Å². The number of carbonyl (C=O) groups is 1. The molecule has 2 aromatic rings. The molecule has 1 amide bonds. The number of rotatable bonds is 5. The summed E-state index contributed by atoms with van der Waals surface area (Å²) in [4.78, 5) is 14.5. The average Bonchev–Trinajstić information content (AvgIpc) is 2.65. The van der Waals surface area contributed by atoms with Gasteiger partial charge < -0.3 is 9.64 Å². The molecule has 0 bridgehead atoms. The normalized spacial score (nSPS) is 15.4. The minimum absolute atomic E-state index is 0.0452. The van der Waals surface area contributed by atoms with Gasteiger partial charge in [-0.1, -0.05) is 53.5 Å². The molecule has 0 aliphatic carbocycles. The van der Waals surface area contributed by atoms with Gasteiger partial charge in [0.25, 0.3) is 5.91 Å². The van der Waals surface area contributed by atoms with E-state index in [9.17, 15) is 4.79 Å². The first-order chi connectivity index (χ1) is 12.1. The molecule has 1 aliphatic rings. The third-order valence-corrected chi connectivity index (χ3v) is 5.09. The second kappa shape index (κ2) is 8.70. The smallest absolute Gasteiger partial charge is 0.255 e. The van der Waals surface area contributed by atoms with E-state index in [4.69, 9.17) is 27.9 Å². The van der Waals surface area contributed by atoms with Gasteiger partial charge in [0, 0.05) is 24.7 Å². The number of piperidine rings is 1. The number of ether oxygens (including phenoxy) is 1. The fourth-order valence-electron chi connectivity index (χ4n) is 3.05. The molecular formula is C20H21Cl2NO2. The van der Waals surface area contributed by atoms with Crippen LogP contribution in [0.25, 0.3) is 0 Å². The van der Waals surface area contributed by atoms with Crippen molar-refractivity contribution in [3.63, 3.8) is 0 Å². The Kier molecular flexibility index (Phi) is 6.35. The van der Waals surface area contributed by atoms with Crippen LogP contribution in [0.15, 0.2) is 48.5 Å². The molecule has 25 heavy (non-hydrogen) atoms. The maximum Gasteiger partial charge on any atom is 0.255 e. The van der Waals surface area contributed by atoms with Crippen LogP contribution in [0.3, 0.4) is 0 Å². The molecule has 0 saturated carbocycles. The van der Waals surface area contributed by atoms with E-state index in [2.05, 4.69) is 12.1 Å². The Morgan fingerprint density at radius 1 is 1.08 bits per heavy atom. The quantitative estimate of drug-likeness (QED) is 0.728. The molecule has 0 unspecified atom stereocenters. The third-order valence-electron chi connectivity index (χ3n) is 4.53. The molecule has 5 heteroatoms. The van der Waals surface area contributed by atoms with Crippen LogP contribution in [0.4, 0.5) is 0 Å². The van der Waals surface area contributed by atoms with E-state index in [0.29, 0.717) is 28.1 Å². The lowest BCUT2D eigenvalue weighted by Crippen LogP contribution is -2.39. The molecule has 3 nitrogen and oxygen atoms in total. The molecule has 2 aromatic carbocycles. The molecule has 0 spiro atoms. The summed E-state index contributed by atoms with van der Waals surface area (Å²) < 4.78 is 5.83. The van der Waals surface area contributed by atoms with Gasteiger partial charge in [-0.05, 0) is 42.5 Å². The van der Waals surface area contributed by atoms with E-state index in [-0.39, 0.29) is 5.91 Å². The first-order valence-corrected chi connectivity index (χ1v) is 9.25. The largest absolute Gasteiger partial charge is 0.376 e. The first kappa shape index (κ1) is 18.2. The fraction of sp³-hybridized carbons (Fsp3) is 0.350. The van der Waals surface area contributed by atoms with Crippen LogP contribution < -0.4 is 0 Å². The number of likely N-dealkylation sites (tertiary alicyclic amines) is 1. The minimum Gasteiger partial charge on any atom is -0.376 e. The van der Waals surface area contributed by atoms with Gasteiger partial charge in [0.15, 0.2) is 0 Å². The molecule has 132 valence electrons. The number of hydrogen-bond acceptors (Lipinski definition) is 2. The number of amides is 1. The van der Waals surface area contributed by atoms with E-state index >= 15 is 0 Å². The van der Waals surface area contributed by atoms with Crippen LogP contribution >= 0.6 is 23.2 Å². The van der Waals surface area contributed by atoms with Crippen molar-refractivity contribution in [1.29, 1.82) is 0 Å². The number of hydrogen-bond donors (Lipinski definition) is 0. The van der Waals surface area contributed by atoms with E-state index in [1.165, 1.54) is 5.56 Å². The van der Waals surface area contributed by atoms with Gasteiger partial charge in [-0.3, -0.25) is 4.79 Å². The van der Waals surface area contributed by atoms with E-state index in [1.54, 1.807) is 18.2 Å². The standard InChI is InChI=1S/C20H21Cl2NO2/c21-17-6-7-19(22)18(12-17)20(24)23-10-8-16(9-11-23)14-25-13-15-4-2-1-3-5-15/h1-7,12,16H,8-11,13-14H2. The molecule has 1 fully saturated rings. The highest BCUT2D eigenvalue weighted by Crippen LogP contribution is 2.25. The van der Waals surface area contributed by atoms with Crippen molar-refractivity contribution in [3.05, 3.63) is 69.7 Å². The van der Waals surface area contributed by atoms with Crippen molar-refractivity contribution >= 4 is 29.1 Å². The Morgan fingerprint density at radius 3 is 2.52 bits per heavy atom. The monoisotopic (exact) mass is 377 g/mol. The summed E-state index contributed by atoms with van der Waals surface area (Å²) in [6.07, 6.45) is 1.89. The van der Waals surface area contributed by atoms with Crippen LogP contribution in [0.1, 0.15) is 28.8 Å². The molecule has 1 heterocycles. The summed E-state index contributed by atoms with van der Waals surface area (Å²) >= 11 is 12.1. The van der Waals surface area contributed by atoms with Crippen molar-refractivity contribution in [2.45, 2.75) is 19.4 Å². The number of carbonyl (C=O) groups excluding carboxylic acids is 1. The van der Waals surface area contributed by atoms with E-state index in [1.807, 2.05) is 23.1 Å². The van der Waals surface area contributed by atoms with E-state index < -0.39 is 0 Å². The van der Waals surface area contributed by atoms with Gasteiger partial charge in [0.2, 0.25) is 0 Å². The molecule has 0 N–H and O–H groups in total. The fourth-order valence-corrected chi connectivity index (χ4v) is 3.42. The number of benzene rings is 2. The van der Waals surface area contributed by atoms with Crippen LogP contribution in [-0.4, -0.2) is 30.5 Å². The summed E-state index contributed by atoms with van der Waals surface area (Å²) in [6.45, 7) is 2.81.